The van der Waals surface area contributed by atoms with Crippen LogP contribution in [0.2, 0.25) is 0 Å². The smallest absolute Gasteiger partial charge is 0.358 e. The number of hydrogen-bond donors (Lipinski definition) is 0. The van der Waals surface area contributed by atoms with Crippen molar-refractivity contribution in [2.75, 3.05) is 0 Å². The molecule has 2 fully saturated rings. The van der Waals surface area contributed by atoms with Crippen LogP contribution in [0.4, 0.5) is 0 Å². The minimum absolute atomic E-state index is 0. The molecule has 2 rings (SSSR count). The molecule has 126 valence electrons. The number of rotatable bonds is 0. The second-order valence-electron chi connectivity index (χ2n) is 8.69. The van der Waals surface area contributed by atoms with Gasteiger partial charge in [0.2, 0.25) is 0 Å². The molecule has 2 saturated carbocycles. The summed E-state index contributed by atoms with van der Waals surface area (Å²) < 4.78 is 0. The molecular weight excluding hydrogens is 331 g/mol. The van der Waals surface area contributed by atoms with Crippen molar-refractivity contribution in [1.82, 2.24) is 0 Å². The fourth-order valence-corrected chi connectivity index (χ4v) is 3.58. The van der Waals surface area contributed by atoms with Crippen LogP contribution in [-0.4, -0.2) is 0 Å². The van der Waals surface area contributed by atoms with E-state index in [0.29, 0.717) is 10.8 Å². The Balaban J connectivity index is -0.000000270. The molecule has 0 atom stereocenters. The maximum atomic E-state index is 2.36. The predicted molar refractivity (Wildman–Crippen MR) is 95.7 cm³/mol. The summed E-state index contributed by atoms with van der Waals surface area (Å²) in [5, 5.41) is 0. The fourth-order valence-electron chi connectivity index (χ4n) is 3.58. The summed E-state index contributed by atoms with van der Waals surface area (Å²) >= 11 is 0. The predicted octanol–water partition coefficient (Wildman–Crippen LogP) is 7.34. The molecule has 0 aromatic carbocycles. The Morgan fingerprint density at radius 1 is 0.524 bits per heavy atom. The van der Waals surface area contributed by atoms with Gasteiger partial charge in [0.1, 0.15) is 0 Å². The van der Waals surface area contributed by atoms with Gasteiger partial charge >= 0.3 is 26.2 Å². The molecule has 21 heavy (non-hydrogen) atoms. The minimum atomic E-state index is 0. The molecule has 0 unspecified atom stereocenters. The summed E-state index contributed by atoms with van der Waals surface area (Å²) in [6.45, 7) is 14.2. The average Bonchev–Trinajstić information content (AvgIpc) is 2.91. The second kappa shape index (κ2) is 11.4. The van der Waals surface area contributed by atoms with Crippen LogP contribution >= 0.6 is 0 Å². The van der Waals surface area contributed by atoms with E-state index >= 15 is 0 Å². The van der Waals surface area contributed by atoms with E-state index in [9.17, 15) is 0 Å². The Labute approximate surface area is 156 Å². The average molecular weight is 374 g/mol. The minimum Gasteiger partial charge on any atom is -0.358 e. The SMILES string of the molecule is CC(C)(C)C1CCCC1.CC(C)(C)C1CCCC1.[CH3-].[CH3-].[Zr+2]. The standard InChI is InChI=1S/2C9H18.2CH3.Zr/c2*1-9(2,3)8-6-4-5-7-8;;;/h2*8H,4-7H2,1-3H3;2*1H3;/q;;2*-1;+2. The van der Waals surface area contributed by atoms with Gasteiger partial charge in [-0.3, -0.25) is 0 Å². The first kappa shape index (κ1) is 26.8. The van der Waals surface area contributed by atoms with E-state index in [2.05, 4.69) is 41.5 Å². The topological polar surface area (TPSA) is 0 Å². The molecule has 2 aliphatic rings. The van der Waals surface area contributed by atoms with Crippen LogP contribution in [0.1, 0.15) is 92.9 Å². The maximum Gasteiger partial charge on any atom is 2.00 e. The largest absolute Gasteiger partial charge is 2.00 e. The quantitative estimate of drug-likeness (QED) is 0.389. The Bertz CT molecular complexity index is 193. The van der Waals surface area contributed by atoms with Crippen LogP contribution in [0.3, 0.4) is 0 Å². The van der Waals surface area contributed by atoms with Crippen LogP contribution in [0, 0.1) is 37.5 Å². The van der Waals surface area contributed by atoms with Gasteiger partial charge in [-0.15, -0.1) is 0 Å². The molecule has 0 N–H and O–H groups in total. The molecule has 0 amide bonds. The molecule has 0 spiro atoms. The Kier molecular flexibility index (Phi) is 14.6. The van der Waals surface area contributed by atoms with Crippen molar-refractivity contribution < 1.29 is 26.2 Å². The van der Waals surface area contributed by atoms with Crippen molar-refractivity contribution >= 4 is 0 Å². The molecule has 0 aliphatic heterocycles. The third-order valence-corrected chi connectivity index (χ3v) is 5.16. The van der Waals surface area contributed by atoms with Crippen LogP contribution in [0.5, 0.6) is 0 Å². The zero-order valence-electron chi connectivity index (χ0n) is 16.3. The molecule has 0 aromatic heterocycles. The number of hydrogen-bond acceptors (Lipinski definition) is 0. The maximum absolute atomic E-state index is 2.36. The van der Waals surface area contributed by atoms with Gasteiger partial charge in [-0.2, -0.15) is 0 Å². The second-order valence-corrected chi connectivity index (χ2v) is 8.69. The summed E-state index contributed by atoms with van der Waals surface area (Å²) in [5.41, 5.74) is 1.16. The Hall–Kier alpha value is 0.883. The van der Waals surface area contributed by atoms with Crippen molar-refractivity contribution in [1.29, 1.82) is 0 Å². The normalized spacial score (nSPS) is 19.7. The summed E-state index contributed by atoms with van der Waals surface area (Å²) in [7, 11) is 0. The molecule has 0 heterocycles. The summed E-state index contributed by atoms with van der Waals surface area (Å²) in [5.74, 6) is 2.02. The first-order valence-corrected chi connectivity index (χ1v) is 8.21. The van der Waals surface area contributed by atoms with Gasteiger partial charge in [-0.25, -0.2) is 0 Å². The summed E-state index contributed by atoms with van der Waals surface area (Å²) in [6.07, 6.45) is 11.8. The van der Waals surface area contributed by atoms with Crippen LogP contribution in [0.15, 0.2) is 0 Å². The van der Waals surface area contributed by atoms with Crippen molar-refractivity contribution in [3.8, 4) is 0 Å². The zero-order chi connectivity index (χ0) is 13.8. The van der Waals surface area contributed by atoms with E-state index < -0.39 is 0 Å². The Morgan fingerprint density at radius 3 is 0.810 bits per heavy atom. The molecule has 0 nitrogen and oxygen atoms in total. The molecular formula is C20H42Zr. The Morgan fingerprint density at radius 2 is 0.714 bits per heavy atom. The fraction of sp³-hybridized carbons (Fsp3) is 0.900. The van der Waals surface area contributed by atoms with Crippen molar-refractivity contribution in [3.63, 3.8) is 0 Å². The first-order valence-electron chi connectivity index (χ1n) is 8.21. The van der Waals surface area contributed by atoms with Crippen molar-refractivity contribution in [2.24, 2.45) is 22.7 Å². The van der Waals surface area contributed by atoms with Gasteiger partial charge in [0, 0.05) is 0 Å². The van der Waals surface area contributed by atoms with E-state index in [0.717, 1.165) is 11.8 Å². The van der Waals surface area contributed by atoms with E-state index in [1.54, 1.807) is 0 Å². The van der Waals surface area contributed by atoms with E-state index in [1.165, 1.54) is 51.4 Å². The van der Waals surface area contributed by atoms with E-state index in [1.807, 2.05) is 0 Å². The molecule has 2 aliphatic carbocycles. The molecule has 0 radical (unpaired) electrons. The van der Waals surface area contributed by atoms with Crippen molar-refractivity contribution in [2.45, 2.75) is 92.9 Å². The van der Waals surface area contributed by atoms with Crippen LogP contribution < -0.4 is 0 Å². The molecule has 0 saturated heterocycles. The van der Waals surface area contributed by atoms with Crippen LogP contribution in [-0.2, 0) is 26.2 Å². The molecule has 0 aromatic rings. The van der Waals surface area contributed by atoms with Gasteiger partial charge < -0.3 is 14.9 Å². The van der Waals surface area contributed by atoms with Crippen LogP contribution in [0.25, 0.3) is 0 Å². The van der Waals surface area contributed by atoms with Gasteiger partial charge in [0.05, 0.1) is 0 Å². The summed E-state index contributed by atoms with van der Waals surface area (Å²) in [4.78, 5) is 0. The van der Waals surface area contributed by atoms with E-state index in [-0.39, 0.29) is 41.1 Å². The van der Waals surface area contributed by atoms with Gasteiger partial charge in [0.25, 0.3) is 0 Å². The zero-order valence-corrected chi connectivity index (χ0v) is 18.8. The summed E-state index contributed by atoms with van der Waals surface area (Å²) in [6, 6.07) is 0. The third kappa shape index (κ3) is 10.3. The van der Waals surface area contributed by atoms with Crippen molar-refractivity contribution in [3.05, 3.63) is 14.9 Å². The van der Waals surface area contributed by atoms with E-state index in [4.69, 9.17) is 0 Å². The van der Waals surface area contributed by atoms with Gasteiger partial charge in [-0.1, -0.05) is 67.2 Å². The first-order chi connectivity index (χ1) is 8.21. The monoisotopic (exact) mass is 372 g/mol. The molecule has 1 heteroatoms. The van der Waals surface area contributed by atoms with Gasteiger partial charge in [-0.05, 0) is 48.3 Å². The molecule has 0 bridgehead atoms. The third-order valence-electron chi connectivity index (χ3n) is 5.16. The van der Waals surface area contributed by atoms with Gasteiger partial charge in [0.15, 0.2) is 0 Å².